The van der Waals surface area contributed by atoms with Gasteiger partial charge in [-0.2, -0.15) is 5.26 Å². The molecule has 0 radical (unpaired) electrons. The Morgan fingerprint density at radius 2 is 2.17 bits per heavy atom. The highest BCUT2D eigenvalue weighted by molar-refractivity contribution is 7.99. The molecule has 2 rings (SSSR count). The molecule has 0 aromatic heterocycles. The van der Waals surface area contributed by atoms with Crippen LogP contribution in [0.15, 0.2) is 17.0 Å². The van der Waals surface area contributed by atoms with Gasteiger partial charge in [0.25, 0.3) is 0 Å². The van der Waals surface area contributed by atoms with Gasteiger partial charge in [-0.3, -0.25) is 0 Å². The molecule has 0 aliphatic carbocycles. The van der Waals surface area contributed by atoms with Gasteiger partial charge in [0.05, 0.1) is 17.5 Å². The maximum Gasteiger partial charge on any atom is 0.146 e. The second-order valence-corrected chi connectivity index (χ2v) is 5.27. The molecule has 0 bridgehead atoms. The van der Waals surface area contributed by atoms with Crippen molar-refractivity contribution in [3.63, 3.8) is 0 Å². The quantitative estimate of drug-likeness (QED) is 0.850. The van der Waals surface area contributed by atoms with Gasteiger partial charge in [0.1, 0.15) is 5.82 Å². The molecule has 1 fully saturated rings. The van der Waals surface area contributed by atoms with E-state index in [1.807, 2.05) is 13.0 Å². The summed E-state index contributed by atoms with van der Waals surface area (Å²) in [6.45, 7) is 5.29. The zero-order chi connectivity index (χ0) is 13.0. The number of piperazine rings is 1. The van der Waals surface area contributed by atoms with E-state index in [1.165, 1.54) is 11.8 Å². The molecule has 0 spiro atoms. The van der Waals surface area contributed by atoms with Crippen molar-refractivity contribution in [1.29, 1.82) is 5.26 Å². The van der Waals surface area contributed by atoms with Crippen molar-refractivity contribution in [1.82, 2.24) is 5.32 Å². The highest BCUT2D eigenvalue weighted by Gasteiger charge is 2.16. The molecule has 0 unspecified atom stereocenters. The molecule has 0 amide bonds. The number of rotatable bonds is 3. The maximum atomic E-state index is 14.0. The number of anilines is 1. The molecule has 0 atom stereocenters. The fourth-order valence-corrected chi connectivity index (χ4v) is 2.76. The van der Waals surface area contributed by atoms with Crippen LogP contribution in [0.2, 0.25) is 0 Å². The third-order valence-corrected chi connectivity index (χ3v) is 4.02. The molecular weight excluding hydrogens is 249 g/mol. The lowest BCUT2D eigenvalue weighted by atomic mass is 10.2. The van der Waals surface area contributed by atoms with Crippen LogP contribution in [0.3, 0.4) is 0 Å². The Morgan fingerprint density at radius 3 is 2.83 bits per heavy atom. The standard InChI is InChI=1S/C13H16FN3S/c1-10-8-11(14)12(9-13(10)18-7-2-15)17-5-3-16-4-6-17/h8-9,16H,3-7H2,1H3. The molecular formula is C13H16FN3S. The third kappa shape index (κ3) is 2.95. The van der Waals surface area contributed by atoms with Crippen LogP contribution in [0, 0.1) is 24.1 Å². The van der Waals surface area contributed by atoms with Gasteiger partial charge >= 0.3 is 0 Å². The van der Waals surface area contributed by atoms with E-state index in [9.17, 15) is 4.39 Å². The number of nitriles is 1. The lowest BCUT2D eigenvalue weighted by Crippen LogP contribution is -2.43. The van der Waals surface area contributed by atoms with Crippen molar-refractivity contribution in [3.05, 3.63) is 23.5 Å². The van der Waals surface area contributed by atoms with Crippen molar-refractivity contribution >= 4 is 17.4 Å². The number of benzene rings is 1. The summed E-state index contributed by atoms with van der Waals surface area (Å²) in [5.41, 5.74) is 1.55. The largest absolute Gasteiger partial charge is 0.367 e. The van der Waals surface area contributed by atoms with Crippen LogP contribution in [0.1, 0.15) is 5.56 Å². The zero-order valence-corrected chi connectivity index (χ0v) is 11.2. The predicted molar refractivity (Wildman–Crippen MR) is 72.6 cm³/mol. The van der Waals surface area contributed by atoms with E-state index in [-0.39, 0.29) is 5.82 Å². The topological polar surface area (TPSA) is 39.1 Å². The first-order valence-electron chi connectivity index (χ1n) is 5.98. The first kappa shape index (κ1) is 13.2. The molecule has 96 valence electrons. The molecule has 1 aliphatic rings. The number of nitrogens with one attached hydrogen (secondary N) is 1. The minimum Gasteiger partial charge on any atom is -0.367 e. The van der Waals surface area contributed by atoms with E-state index in [0.717, 1.165) is 36.6 Å². The third-order valence-electron chi connectivity index (χ3n) is 2.99. The van der Waals surface area contributed by atoms with E-state index in [1.54, 1.807) is 6.07 Å². The number of nitrogens with zero attached hydrogens (tertiary/aromatic N) is 2. The molecule has 1 N–H and O–H groups in total. The van der Waals surface area contributed by atoms with Crippen molar-refractivity contribution in [3.8, 4) is 6.07 Å². The lowest BCUT2D eigenvalue weighted by molar-refractivity contribution is 0.565. The van der Waals surface area contributed by atoms with Gasteiger partial charge in [-0.05, 0) is 24.6 Å². The molecule has 18 heavy (non-hydrogen) atoms. The van der Waals surface area contributed by atoms with Crippen LogP contribution < -0.4 is 10.2 Å². The average molecular weight is 265 g/mol. The Kier molecular flexibility index (Phi) is 4.45. The van der Waals surface area contributed by atoms with Gasteiger partial charge in [0.2, 0.25) is 0 Å². The fraction of sp³-hybridized carbons (Fsp3) is 0.462. The fourth-order valence-electron chi connectivity index (χ4n) is 2.06. The van der Waals surface area contributed by atoms with Gasteiger partial charge in [0, 0.05) is 31.1 Å². The zero-order valence-electron chi connectivity index (χ0n) is 10.4. The first-order chi connectivity index (χ1) is 8.72. The van der Waals surface area contributed by atoms with Gasteiger partial charge in [-0.15, -0.1) is 11.8 Å². The summed E-state index contributed by atoms with van der Waals surface area (Å²) in [6.07, 6.45) is 0. The van der Waals surface area contributed by atoms with Crippen LogP contribution >= 0.6 is 11.8 Å². The van der Waals surface area contributed by atoms with Crippen molar-refractivity contribution in [2.75, 3.05) is 36.8 Å². The summed E-state index contributed by atoms with van der Waals surface area (Å²) in [5, 5.41) is 11.9. The molecule has 0 saturated carbocycles. The normalized spacial score (nSPS) is 15.5. The van der Waals surface area contributed by atoms with Crippen LogP contribution in [-0.4, -0.2) is 31.9 Å². The molecule has 3 nitrogen and oxygen atoms in total. The summed E-state index contributed by atoms with van der Waals surface area (Å²) in [5.74, 6) is 0.226. The van der Waals surface area contributed by atoms with Crippen molar-refractivity contribution in [2.24, 2.45) is 0 Å². The number of hydrogen-bond acceptors (Lipinski definition) is 4. The van der Waals surface area contributed by atoms with Crippen molar-refractivity contribution < 1.29 is 4.39 Å². The smallest absolute Gasteiger partial charge is 0.146 e. The number of aryl methyl sites for hydroxylation is 1. The number of thioether (sulfide) groups is 1. The monoisotopic (exact) mass is 265 g/mol. The van der Waals surface area contributed by atoms with Crippen LogP contribution in [-0.2, 0) is 0 Å². The maximum absolute atomic E-state index is 14.0. The SMILES string of the molecule is Cc1cc(F)c(N2CCNCC2)cc1SCC#N. The number of halogens is 1. The molecule has 1 aromatic carbocycles. The van der Waals surface area contributed by atoms with Crippen LogP contribution in [0.25, 0.3) is 0 Å². The predicted octanol–water partition coefficient (Wildman–Crippen LogP) is 2.16. The second kappa shape index (κ2) is 6.07. The Bertz CT molecular complexity index is 464. The minimum atomic E-state index is -0.171. The van der Waals surface area contributed by atoms with Gasteiger partial charge in [0.15, 0.2) is 0 Å². The second-order valence-electron chi connectivity index (χ2n) is 4.25. The summed E-state index contributed by atoms with van der Waals surface area (Å²) >= 11 is 1.46. The summed E-state index contributed by atoms with van der Waals surface area (Å²) in [6, 6.07) is 5.54. The molecule has 1 aromatic rings. The average Bonchev–Trinajstić information content (AvgIpc) is 2.39. The van der Waals surface area contributed by atoms with Crippen molar-refractivity contribution in [2.45, 2.75) is 11.8 Å². The van der Waals surface area contributed by atoms with E-state index in [2.05, 4.69) is 16.3 Å². The lowest BCUT2D eigenvalue weighted by Gasteiger charge is -2.30. The summed E-state index contributed by atoms with van der Waals surface area (Å²) in [7, 11) is 0. The van der Waals surface area contributed by atoms with Gasteiger partial charge in [-0.1, -0.05) is 0 Å². The highest BCUT2D eigenvalue weighted by Crippen LogP contribution is 2.30. The van der Waals surface area contributed by atoms with Gasteiger partial charge < -0.3 is 10.2 Å². The number of hydrogen-bond donors (Lipinski definition) is 1. The minimum absolute atomic E-state index is 0.171. The Hall–Kier alpha value is -1.25. The first-order valence-corrected chi connectivity index (χ1v) is 6.96. The molecule has 1 saturated heterocycles. The van der Waals surface area contributed by atoms with E-state index < -0.39 is 0 Å². The van der Waals surface area contributed by atoms with E-state index >= 15 is 0 Å². The van der Waals surface area contributed by atoms with E-state index in [0.29, 0.717) is 11.4 Å². The van der Waals surface area contributed by atoms with Gasteiger partial charge in [-0.25, -0.2) is 4.39 Å². The van der Waals surface area contributed by atoms with E-state index in [4.69, 9.17) is 5.26 Å². The van der Waals surface area contributed by atoms with Crippen LogP contribution in [0.5, 0.6) is 0 Å². The summed E-state index contributed by atoms with van der Waals surface area (Å²) < 4.78 is 14.0. The Morgan fingerprint density at radius 1 is 1.44 bits per heavy atom. The summed E-state index contributed by atoms with van der Waals surface area (Å²) in [4.78, 5) is 3.05. The molecule has 1 heterocycles. The molecule has 1 aliphatic heterocycles. The molecule has 5 heteroatoms. The van der Waals surface area contributed by atoms with Crippen LogP contribution in [0.4, 0.5) is 10.1 Å². The Labute approximate surface area is 111 Å². The Balaban J connectivity index is 2.25. The highest BCUT2D eigenvalue weighted by atomic mass is 32.2.